The minimum absolute atomic E-state index is 0.112. The zero-order valence-electron chi connectivity index (χ0n) is 17.4. The lowest BCUT2D eigenvalue weighted by Crippen LogP contribution is -2.48. The zero-order chi connectivity index (χ0) is 20.5. The maximum atomic E-state index is 13.4. The van der Waals surface area contributed by atoms with Crippen molar-refractivity contribution >= 4 is 5.91 Å². The normalized spacial score (nSPS) is 29.3. The van der Waals surface area contributed by atoms with Crippen molar-refractivity contribution in [3.05, 3.63) is 35.4 Å². The number of rotatable bonds is 7. The Morgan fingerprint density at radius 1 is 1.14 bits per heavy atom. The molecule has 2 saturated carbocycles. The molecule has 1 amide bonds. The van der Waals surface area contributed by atoms with Crippen molar-refractivity contribution in [1.29, 1.82) is 0 Å². The Morgan fingerprint density at radius 3 is 2.52 bits per heavy atom. The van der Waals surface area contributed by atoms with Gasteiger partial charge in [-0.15, -0.1) is 0 Å². The highest BCUT2D eigenvalue weighted by atomic mass is 19.2. The summed E-state index contributed by atoms with van der Waals surface area (Å²) in [6.45, 7) is 2.48. The van der Waals surface area contributed by atoms with Crippen molar-refractivity contribution in [2.24, 2.45) is 17.8 Å². The molecule has 1 aromatic carbocycles. The van der Waals surface area contributed by atoms with E-state index in [-0.39, 0.29) is 12.0 Å². The van der Waals surface area contributed by atoms with Crippen molar-refractivity contribution < 1.29 is 18.3 Å². The van der Waals surface area contributed by atoms with E-state index in [1.807, 2.05) is 4.90 Å². The highest BCUT2D eigenvalue weighted by Crippen LogP contribution is 2.40. The summed E-state index contributed by atoms with van der Waals surface area (Å²) < 4.78 is 32.7. The quantitative estimate of drug-likeness (QED) is 0.695. The summed E-state index contributed by atoms with van der Waals surface area (Å²) in [5.74, 6) is 0.194. The van der Waals surface area contributed by atoms with Crippen LogP contribution in [0.5, 0.6) is 0 Å². The number of fused-ring (bicyclic) bond motifs is 1. The maximum absolute atomic E-state index is 13.4. The molecule has 0 bridgehead atoms. The van der Waals surface area contributed by atoms with Gasteiger partial charge >= 0.3 is 0 Å². The van der Waals surface area contributed by atoms with Crippen LogP contribution in [-0.4, -0.2) is 61.6 Å². The van der Waals surface area contributed by atoms with Crippen LogP contribution in [0.4, 0.5) is 8.78 Å². The van der Waals surface area contributed by atoms with Crippen LogP contribution in [0.3, 0.4) is 0 Å². The van der Waals surface area contributed by atoms with Gasteiger partial charge in [0.2, 0.25) is 5.91 Å². The smallest absolute Gasteiger partial charge is 0.222 e. The number of benzene rings is 1. The topological polar surface area (TPSA) is 32.8 Å². The molecule has 1 heterocycles. The second-order valence-corrected chi connectivity index (χ2v) is 9.38. The summed E-state index contributed by atoms with van der Waals surface area (Å²) >= 11 is 0. The first-order valence-corrected chi connectivity index (χ1v) is 10.9. The van der Waals surface area contributed by atoms with Gasteiger partial charge in [-0.2, -0.15) is 0 Å². The highest BCUT2D eigenvalue weighted by Gasteiger charge is 2.44. The predicted octanol–water partition coefficient (Wildman–Crippen LogP) is 3.49. The molecular formula is C23H32F2N2O2. The van der Waals surface area contributed by atoms with Crippen LogP contribution in [0, 0.1) is 29.4 Å². The molecule has 0 aromatic heterocycles. The maximum Gasteiger partial charge on any atom is 0.222 e. The Bertz CT molecular complexity index is 738. The molecule has 0 spiro atoms. The molecule has 160 valence electrons. The number of likely N-dealkylation sites (N-methyl/N-ethyl adjacent to an activating group) is 1. The predicted molar refractivity (Wildman–Crippen MR) is 107 cm³/mol. The fourth-order valence-electron chi connectivity index (χ4n) is 4.97. The molecule has 3 fully saturated rings. The van der Waals surface area contributed by atoms with E-state index < -0.39 is 11.6 Å². The van der Waals surface area contributed by atoms with Gasteiger partial charge in [-0.05, 0) is 81.6 Å². The van der Waals surface area contributed by atoms with Crippen molar-refractivity contribution in [2.75, 3.05) is 33.8 Å². The average Bonchev–Trinajstić information content (AvgIpc) is 3.43. The first-order valence-electron chi connectivity index (χ1n) is 10.9. The molecule has 2 aliphatic carbocycles. The number of carbonyl (C=O) groups excluding carboxylic acids is 1. The van der Waals surface area contributed by atoms with Crippen molar-refractivity contribution in [3.8, 4) is 0 Å². The molecule has 0 N–H and O–H groups in total. The number of hydrogen-bond donors (Lipinski definition) is 0. The summed E-state index contributed by atoms with van der Waals surface area (Å²) in [5, 5.41) is 0. The molecule has 4 atom stereocenters. The highest BCUT2D eigenvalue weighted by molar-refractivity contribution is 5.76. The van der Waals surface area contributed by atoms with Crippen molar-refractivity contribution in [3.63, 3.8) is 0 Å². The molecule has 1 saturated heterocycles. The van der Waals surface area contributed by atoms with E-state index in [2.05, 4.69) is 19.0 Å². The first-order chi connectivity index (χ1) is 13.9. The summed E-state index contributed by atoms with van der Waals surface area (Å²) in [5.41, 5.74) is 0.662. The van der Waals surface area contributed by atoms with Crippen LogP contribution >= 0.6 is 0 Å². The monoisotopic (exact) mass is 406 g/mol. The lowest BCUT2D eigenvalue weighted by atomic mass is 9.77. The van der Waals surface area contributed by atoms with Crippen LogP contribution in [-0.2, 0) is 16.0 Å². The number of nitrogens with zero attached hydrogens (tertiary/aromatic N) is 2. The number of likely N-dealkylation sites (tertiary alicyclic amines) is 1. The van der Waals surface area contributed by atoms with E-state index in [4.69, 9.17) is 4.74 Å². The minimum Gasteiger partial charge on any atom is -0.376 e. The fraction of sp³-hybridized carbons (Fsp3) is 0.696. The second kappa shape index (κ2) is 8.68. The molecule has 4 rings (SSSR count). The van der Waals surface area contributed by atoms with Gasteiger partial charge in [0.15, 0.2) is 11.6 Å². The van der Waals surface area contributed by atoms with Crippen LogP contribution < -0.4 is 0 Å². The van der Waals surface area contributed by atoms with Gasteiger partial charge in [-0.25, -0.2) is 8.78 Å². The number of halogens is 2. The van der Waals surface area contributed by atoms with E-state index in [1.165, 1.54) is 18.9 Å². The van der Waals surface area contributed by atoms with E-state index >= 15 is 0 Å². The SMILES string of the molecule is CN(C)[C@@H]1C[C@@H]2CN(C(=O)CCc3ccc(F)c(F)c3)C[C@@H]2C[C@H]1OCC1CC1. The number of hydrogen-bond acceptors (Lipinski definition) is 3. The molecule has 0 radical (unpaired) electrons. The Hall–Kier alpha value is -1.53. The molecule has 0 unspecified atom stereocenters. The third-order valence-corrected chi connectivity index (χ3v) is 6.96. The van der Waals surface area contributed by atoms with Gasteiger partial charge < -0.3 is 14.5 Å². The molecule has 3 aliphatic rings. The molecule has 1 aliphatic heterocycles. The Morgan fingerprint density at radius 2 is 1.86 bits per heavy atom. The summed E-state index contributed by atoms with van der Waals surface area (Å²) in [6.07, 6.45) is 5.72. The van der Waals surface area contributed by atoms with Crippen LogP contribution in [0.25, 0.3) is 0 Å². The minimum atomic E-state index is -0.853. The third kappa shape index (κ3) is 4.97. The summed E-state index contributed by atoms with van der Waals surface area (Å²) in [7, 11) is 4.25. The van der Waals surface area contributed by atoms with E-state index in [1.54, 1.807) is 6.07 Å². The average molecular weight is 407 g/mol. The first kappa shape index (κ1) is 20.7. The Balaban J connectivity index is 1.31. The molecule has 4 nitrogen and oxygen atoms in total. The van der Waals surface area contributed by atoms with Gasteiger partial charge in [0.25, 0.3) is 0 Å². The van der Waals surface area contributed by atoms with Crippen molar-refractivity contribution in [1.82, 2.24) is 9.80 Å². The number of amides is 1. The largest absolute Gasteiger partial charge is 0.376 e. The van der Waals surface area contributed by atoms with E-state index in [9.17, 15) is 13.6 Å². The zero-order valence-corrected chi connectivity index (χ0v) is 17.4. The van der Waals surface area contributed by atoms with Gasteiger partial charge in [0.05, 0.1) is 6.10 Å². The lowest BCUT2D eigenvalue weighted by Gasteiger charge is -2.41. The number of aryl methyl sites for hydroxylation is 1. The van der Waals surface area contributed by atoms with E-state index in [0.29, 0.717) is 36.3 Å². The van der Waals surface area contributed by atoms with Crippen LogP contribution in [0.2, 0.25) is 0 Å². The molecular weight excluding hydrogens is 374 g/mol. The molecule has 29 heavy (non-hydrogen) atoms. The molecule has 1 aromatic rings. The fourth-order valence-corrected chi connectivity index (χ4v) is 4.97. The summed E-state index contributed by atoms with van der Waals surface area (Å²) in [6, 6.07) is 4.28. The van der Waals surface area contributed by atoms with Gasteiger partial charge in [0, 0.05) is 32.2 Å². The van der Waals surface area contributed by atoms with Gasteiger partial charge in [-0.3, -0.25) is 4.79 Å². The van der Waals surface area contributed by atoms with Crippen LogP contribution in [0.1, 0.15) is 37.7 Å². The van der Waals surface area contributed by atoms with Gasteiger partial charge in [-0.1, -0.05) is 6.07 Å². The number of carbonyl (C=O) groups is 1. The van der Waals surface area contributed by atoms with E-state index in [0.717, 1.165) is 44.5 Å². The third-order valence-electron chi connectivity index (χ3n) is 6.96. The molecule has 6 heteroatoms. The van der Waals surface area contributed by atoms with Crippen molar-refractivity contribution in [2.45, 2.75) is 50.7 Å². The lowest BCUT2D eigenvalue weighted by molar-refractivity contribution is -0.130. The summed E-state index contributed by atoms with van der Waals surface area (Å²) in [4.78, 5) is 17.0. The van der Waals surface area contributed by atoms with Crippen LogP contribution in [0.15, 0.2) is 18.2 Å². The standard InChI is InChI=1S/C23H32F2N2O2/c1-26(2)21-10-17-12-27(13-18(17)11-22(21)29-14-16-3-4-16)23(28)8-6-15-5-7-19(24)20(25)9-15/h5,7,9,16-18,21-22H,3-4,6,8,10-14H2,1-2H3/t17-,18+,21-,22-/m1/s1. The number of ether oxygens (including phenoxy) is 1. The van der Waals surface area contributed by atoms with Gasteiger partial charge in [0.1, 0.15) is 0 Å². The Kier molecular flexibility index (Phi) is 6.21. The Labute approximate surface area is 172 Å². The second-order valence-electron chi connectivity index (χ2n) is 9.38.